The van der Waals surface area contributed by atoms with Crippen LogP contribution in [-0.2, 0) is 9.59 Å². The van der Waals surface area contributed by atoms with Gasteiger partial charge in [-0.25, -0.2) is 0 Å². The van der Waals surface area contributed by atoms with E-state index in [1.165, 1.54) is 0 Å². The molecule has 1 amide bonds. The summed E-state index contributed by atoms with van der Waals surface area (Å²) in [5.74, 6) is -1.29. The molecule has 0 saturated heterocycles. The van der Waals surface area contributed by atoms with Gasteiger partial charge >= 0.3 is 5.97 Å². The minimum atomic E-state index is -0.769. The number of aliphatic carboxylic acids is 1. The zero-order valence-electron chi connectivity index (χ0n) is 8.90. The van der Waals surface area contributed by atoms with Crippen molar-refractivity contribution in [2.75, 3.05) is 0 Å². The molecule has 1 fully saturated rings. The average molecular weight is 214 g/mol. The molecule has 0 heterocycles. The minimum absolute atomic E-state index is 0.0293. The van der Waals surface area contributed by atoms with Crippen LogP contribution in [0.4, 0.5) is 0 Å². The van der Waals surface area contributed by atoms with Crippen LogP contribution in [0.25, 0.3) is 0 Å². The Morgan fingerprint density at radius 1 is 1.47 bits per heavy atom. The predicted molar refractivity (Wildman–Crippen MR) is 55.2 cm³/mol. The van der Waals surface area contributed by atoms with Gasteiger partial charge < -0.3 is 16.2 Å². The molecule has 0 bridgehead atoms. The standard InChI is InChI=1S/C10H18N2O3/c1-6(11)9(13)12-8-4-2-3-7(5-8)10(14)15/h6-8H,2-5,11H2,1H3,(H,12,13)(H,14,15)/t6-,7?,8?/m1/s1. The number of carboxylic acid groups (broad SMARTS) is 1. The molecule has 0 aromatic heterocycles. The predicted octanol–water partition coefficient (Wildman–Crippen LogP) is 0.0932. The lowest BCUT2D eigenvalue weighted by Gasteiger charge is -2.27. The number of nitrogens with one attached hydrogen (secondary N) is 1. The summed E-state index contributed by atoms with van der Waals surface area (Å²) in [5.41, 5.74) is 5.42. The Hall–Kier alpha value is -1.10. The average Bonchev–Trinajstić information content (AvgIpc) is 2.18. The molecule has 1 saturated carbocycles. The molecule has 0 aliphatic heterocycles. The molecular formula is C10H18N2O3. The lowest BCUT2D eigenvalue weighted by Crippen LogP contribution is -2.46. The Bertz CT molecular complexity index is 253. The largest absolute Gasteiger partial charge is 0.481 e. The molecule has 0 spiro atoms. The molecule has 3 atom stereocenters. The van der Waals surface area contributed by atoms with Gasteiger partial charge in [-0.1, -0.05) is 6.42 Å². The van der Waals surface area contributed by atoms with Crippen molar-refractivity contribution in [3.8, 4) is 0 Å². The third kappa shape index (κ3) is 3.51. The smallest absolute Gasteiger partial charge is 0.306 e. The molecule has 15 heavy (non-hydrogen) atoms. The van der Waals surface area contributed by atoms with E-state index in [0.29, 0.717) is 12.8 Å². The Balaban J connectivity index is 2.43. The second-order valence-electron chi connectivity index (χ2n) is 4.20. The van der Waals surface area contributed by atoms with Gasteiger partial charge in [0.2, 0.25) is 5.91 Å². The molecule has 0 radical (unpaired) electrons. The van der Waals surface area contributed by atoms with Crippen molar-refractivity contribution in [2.24, 2.45) is 11.7 Å². The summed E-state index contributed by atoms with van der Waals surface area (Å²) in [4.78, 5) is 22.1. The molecule has 1 aliphatic rings. The summed E-state index contributed by atoms with van der Waals surface area (Å²) in [6.07, 6.45) is 2.93. The Kier molecular flexibility index (Phi) is 4.08. The summed E-state index contributed by atoms with van der Waals surface area (Å²) in [7, 11) is 0. The number of carboxylic acids is 1. The molecule has 5 heteroatoms. The Morgan fingerprint density at radius 2 is 2.13 bits per heavy atom. The second-order valence-corrected chi connectivity index (χ2v) is 4.20. The number of rotatable bonds is 3. The molecule has 2 unspecified atom stereocenters. The number of carbonyl (C=O) groups is 2. The molecule has 1 aliphatic carbocycles. The highest BCUT2D eigenvalue weighted by atomic mass is 16.4. The van der Waals surface area contributed by atoms with Crippen molar-refractivity contribution in [3.05, 3.63) is 0 Å². The van der Waals surface area contributed by atoms with E-state index in [1.54, 1.807) is 6.92 Å². The van der Waals surface area contributed by atoms with Crippen molar-refractivity contribution in [3.63, 3.8) is 0 Å². The van der Waals surface area contributed by atoms with E-state index in [2.05, 4.69) is 5.32 Å². The lowest BCUT2D eigenvalue weighted by molar-refractivity contribution is -0.143. The maximum absolute atomic E-state index is 11.3. The molecular weight excluding hydrogens is 196 g/mol. The van der Waals surface area contributed by atoms with Crippen LogP contribution < -0.4 is 11.1 Å². The van der Waals surface area contributed by atoms with Crippen LogP contribution in [0, 0.1) is 5.92 Å². The van der Waals surface area contributed by atoms with Crippen LogP contribution in [-0.4, -0.2) is 29.1 Å². The van der Waals surface area contributed by atoms with E-state index in [1.807, 2.05) is 0 Å². The molecule has 0 aromatic rings. The Labute approximate surface area is 89.0 Å². The van der Waals surface area contributed by atoms with Gasteiger partial charge in [-0.15, -0.1) is 0 Å². The van der Waals surface area contributed by atoms with Gasteiger partial charge in [0.15, 0.2) is 0 Å². The van der Waals surface area contributed by atoms with Gasteiger partial charge in [0, 0.05) is 6.04 Å². The first-order valence-electron chi connectivity index (χ1n) is 5.29. The third-order valence-corrected chi connectivity index (χ3v) is 2.78. The van der Waals surface area contributed by atoms with Gasteiger partial charge in [-0.05, 0) is 26.2 Å². The summed E-state index contributed by atoms with van der Waals surface area (Å²) in [5, 5.41) is 11.6. The first-order valence-corrected chi connectivity index (χ1v) is 5.29. The van der Waals surface area contributed by atoms with Crippen LogP contribution in [0.3, 0.4) is 0 Å². The molecule has 86 valence electrons. The maximum Gasteiger partial charge on any atom is 0.306 e. The fourth-order valence-corrected chi connectivity index (χ4v) is 1.88. The SMILES string of the molecule is C[C@@H](N)C(=O)NC1CCCC(C(=O)O)C1. The highest BCUT2D eigenvalue weighted by molar-refractivity contribution is 5.81. The van der Waals surface area contributed by atoms with Crippen molar-refractivity contribution in [2.45, 2.75) is 44.7 Å². The van der Waals surface area contributed by atoms with E-state index < -0.39 is 12.0 Å². The second kappa shape index (κ2) is 5.11. The fourth-order valence-electron chi connectivity index (χ4n) is 1.88. The van der Waals surface area contributed by atoms with Crippen LogP contribution in [0.15, 0.2) is 0 Å². The van der Waals surface area contributed by atoms with Crippen LogP contribution in [0.2, 0.25) is 0 Å². The summed E-state index contributed by atoms with van der Waals surface area (Å²) >= 11 is 0. The van der Waals surface area contributed by atoms with E-state index in [4.69, 9.17) is 10.8 Å². The van der Waals surface area contributed by atoms with Gasteiger partial charge in [-0.3, -0.25) is 9.59 Å². The number of nitrogens with two attached hydrogens (primary N) is 1. The third-order valence-electron chi connectivity index (χ3n) is 2.78. The summed E-state index contributed by atoms with van der Waals surface area (Å²) < 4.78 is 0. The lowest BCUT2D eigenvalue weighted by atomic mass is 9.85. The first-order chi connectivity index (χ1) is 7.00. The number of hydrogen-bond donors (Lipinski definition) is 3. The van der Waals surface area contributed by atoms with E-state index in [-0.39, 0.29) is 17.9 Å². The normalized spacial score (nSPS) is 28.1. The molecule has 0 aromatic carbocycles. The van der Waals surface area contributed by atoms with Crippen molar-refractivity contribution < 1.29 is 14.7 Å². The number of carbonyl (C=O) groups excluding carboxylic acids is 1. The minimum Gasteiger partial charge on any atom is -0.481 e. The van der Waals surface area contributed by atoms with Gasteiger partial charge in [0.1, 0.15) is 0 Å². The quantitative estimate of drug-likeness (QED) is 0.621. The van der Waals surface area contributed by atoms with E-state index >= 15 is 0 Å². The fraction of sp³-hybridized carbons (Fsp3) is 0.800. The number of hydrogen-bond acceptors (Lipinski definition) is 3. The Morgan fingerprint density at radius 3 is 2.67 bits per heavy atom. The van der Waals surface area contributed by atoms with Crippen molar-refractivity contribution in [1.29, 1.82) is 0 Å². The van der Waals surface area contributed by atoms with Gasteiger partial charge in [-0.2, -0.15) is 0 Å². The van der Waals surface area contributed by atoms with Crippen LogP contribution >= 0.6 is 0 Å². The van der Waals surface area contributed by atoms with Gasteiger partial charge in [0.25, 0.3) is 0 Å². The van der Waals surface area contributed by atoms with Crippen LogP contribution in [0.5, 0.6) is 0 Å². The van der Waals surface area contributed by atoms with Crippen LogP contribution in [0.1, 0.15) is 32.6 Å². The van der Waals surface area contributed by atoms with E-state index in [9.17, 15) is 9.59 Å². The maximum atomic E-state index is 11.3. The van der Waals surface area contributed by atoms with E-state index in [0.717, 1.165) is 12.8 Å². The molecule has 4 N–H and O–H groups in total. The molecule has 5 nitrogen and oxygen atoms in total. The van der Waals surface area contributed by atoms with Crippen molar-refractivity contribution in [1.82, 2.24) is 5.32 Å². The first kappa shape index (κ1) is 12.0. The number of amides is 1. The summed E-state index contributed by atoms with van der Waals surface area (Å²) in [6.45, 7) is 1.62. The highest BCUT2D eigenvalue weighted by Crippen LogP contribution is 2.24. The monoisotopic (exact) mass is 214 g/mol. The van der Waals surface area contributed by atoms with Crippen molar-refractivity contribution >= 4 is 11.9 Å². The topological polar surface area (TPSA) is 92.4 Å². The molecule has 1 rings (SSSR count). The zero-order valence-corrected chi connectivity index (χ0v) is 8.90. The zero-order chi connectivity index (χ0) is 11.4. The summed E-state index contributed by atoms with van der Waals surface area (Å²) in [6, 6.07) is -0.562. The van der Waals surface area contributed by atoms with Gasteiger partial charge in [0.05, 0.1) is 12.0 Å². The highest BCUT2D eigenvalue weighted by Gasteiger charge is 2.28.